The number of fused-ring (bicyclic) bond motifs is 1. The van der Waals surface area contributed by atoms with Gasteiger partial charge in [0.15, 0.2) is 0 Å². The monoisotopic (exact) mass is 237 g/mol. The van der Waals surface area contributed by atoms with Crippen LogP contribution >= 0.6 is 0 Å². The lowest BCUT2D eigenvalue weighted by molar-refractivity contribution is -0.142. The van der Waals surface area contributed by atoms with Crippen molar-refractivity contribution in [3.05, 3.63) is 0 Å². The zero-order valence-corrected chi connectivity index (χ0v) is 11.0. The summed E-state index contributed by atoms with van der Waals surface area (Å²) >= 11 is 0. The normalized spacial score (nSPS) is 37.1. The van der Waals surface area contributed by atoms with E-state index in [0.717, 1.165) is 51.4 Å². The maximum absolute atomic E-state index is 12.2. The summed E-state index contributed by atoms with van der Waals surface area (Å²) in [4.78, 5) is 23.7. The first-order chi connectivity index (χ1) is 8.02. The molecule has 1 N–H and O–H groups in total. The number of carbonyl (C=O) groups is 2. The molecule has 17 heavy (non-hydrogen) atoms. The minimum absolute atomic E-state index is 0.0134. The van der Waals surface area contributed by atoms with Crippen molar-refractivity contribution in [2.45, 2.75) is 70.8 Å². The molecule has 2 fully saturated rings. The highest BCUT2D eigenvalue weighted by Gasteiger charge is 2.56. The number of rotatable bonds is 2. The van der Waals surface area contributed by atoms with Crippen LogP contribution in [0.2, 0.25) is 0 Å². The fourth-order valence-electron chi connectivity index (χ4n) is 4.18. The summed E-state index contributed by atoms with van der Waals surface area (Å²) in [5, 5.41) is 3.16. The van der Waals surface area contributed by atoms with E-state index in [9.17, 15) is 9.59 Å². The van der Waals surface area contributed by atoms with Gasteiger partial charge in [-0.2, -0.15) is 0 Å². The molecule has 0 radical (unpaired) electrons. The molecule has 2 aliphatic carbocycles. The number of Topliss-reactive ketones (excluding diaryl/α,β-unsaturated/α-hetero) is 1. The number of carbonyl (C=O) groups excluding carboxylic acids is 2. The van der Waals surface area contributed by atoms with Crippen molar-refractivity contribution >= 4 is 11.7 Å². The van der Waals surface area contributed by atoms with Gasteiger partial charge < -0.3 is 5.32 Å². The topological polar surface area (TPSA) is 46.2 Å². The lowest BCUT2D eigenvalue weighted by Gasteiger charge is -2.55. The Kier molecular flexibility index (Phi) is 3.28. The molecule has 0 spiro atoms. The fraction of sp³-hybridized carbons (Fsp3) is 0.857. The third-order valence-corrected chi connectivity index (χ3v) is 4.92. The minimum atomic E-state index is -0.269. The van der Waals surface area contributed by atoms with E-state index in [1.807, 2.05) is 0 Å². The van der Waals surface area contributed by atoms with Crippen LogP contribution in [0.25, 0.3) is 0 Å². The van der Waals surface area contributed by atoms with Crippen molar-refractivity contribution in [1.82, 2.24) is 5.32 Å². The van der Waals surface area contributed by atoms with Crippen molar-refractivity contribution in [3.8, 4) is 0 Å². The molecule has 2 saturated carbocycles. The highest BCUT2D eigenvalue weighted by molar-refractivity contribution is 5.86. The summed E-state index contributed by atoms with van der Waals surface area (Å²) in [5.74, 6) is 0.296. The first-order valence-electron chi connectivity index (χ1n) is 6.82. The average Bonchev–Trinajstić information content (AvgIpc) is 2.27. The van der Waals surface area contributed by atoms with Crippen LogP contribution in [-0.2, 0) is 9.59 Å². The lowest BCUT2D eigenvalue weighted by atomic mass is 9.53. The molecule has 96 valence electrons. The molecule has 0 aromatic heterocycles. The van der Waals surface area contributed by atoms with Gasteiger partial charge in [0.25, 0.3) is 0 Å². The van der Waals surface area contributed by atoms with Crippen molar-refractivity contribution in [2.24, 2.45) is 5.41 Å². The average molecular weight is 237 g/mol. The van der Waals surface area contributed by atoms with Gasteiger partial charge in [-0.15, -0.1) is 0 Å². The van der Waals surface area contributed by atoms with E-state index >= 15 is 0 Å². The third-order valence-electron chi connectivity index (χ3n) is 4.92. The molecule has 3 heteroatoms. The highest BCUT2D eigenvalue weighted by Crippen LogP contribution is 2.53. The van der Waals surface area contributed by atoms with Crippen molar-refractivity contribution < 1.29 is 9.59 Å². The fourth-order valence-corrected chi connectivity index (χ4v) is 4.18. The molecule has 0 unspecified atom stereocenters. The number of hydrogen-bond donors (Lipinski definition) is 1. The van der Waals surface area contributed by atoms with Crippen molar-refractivity contribution in [1.29, 1.82) is 0 Å². The van der Waals surface area contributed by atoms with Crippen LogP contribution < -0.4 is 5.32 Å². The lowest BCUT2D eigenvalue weighted by Crippen LogP contribution is -2.65. The molecule has 0 atom stereocenters. The van der Waals surface area contributed by atoms with Crippen molar-refractivity contribution in [2.75, 3.05) is 0 Å². The Hall–Kier alpha value is -0.860. The summed E-state index contributed by atoms with van der Waals surface area (Å²) in [6, 6.07) is 0. The van der Waals surface area contributed by atoms with E-state index in [1.165, 1.54) is 0 Å². The maximum atomic E-state index is 12.2. The standard InChI is InChI=1S/C14H23NO2/c1-11(16)13-7-3-5-9-14(13,15-12(2)17)10-6-4-8-13/h3-10H2,1-2H3,(H,15,17). The van der Waals surface area contributed by atoms with Gasteiger partial charge in [-0.1, -0.05) is 25.7 Å². The predicted molar refractivity (Wildman–Crippen MR) is 66.6 cm³/mol. The second kappa shape index (κ2) is 4.43. The van der Waals surface area contributed by atoms with Crippen LogP contribution in [0.4, 0.5) is 0 Å². The molecule has 0 saturated heterocycles. The Morgan fingerprint density at radius 2 is 1.35 bits per heavy atom. The maximum Gasteiger partial charge on any atom is 0.217 e. The largest absolute Gasteiger partial charge is 0.350 e. The molecule has 1 amide bonds. The number of hydrogen-bond acceptors (Lipinski definition) is 2. The Labute approximate surface area is 103 Å². The second-order valence-electron chi connectivity index (χ2n) is 5.82. The second-order valence-corrected chi connectivity index (χ2v) is 5.82. The zero-order valence-electron chi connectivity index (χ0n) is 11.0. The first kappa shape index (κ1) is 12.6. The zero-order chi connectivity index (χ0) is 12.5. The molecule has 0 aromatic rings. The van der Waals surface area contributed by atoms with Crippen LogP contribution in [-0.4, -0.2) is 17.2 Å². The molecule has 0 heterocycles. The SMILES string of the molecule is CC(=O)NC12CCCCC1(C(C)=O)CCCC2. The molecule has 2 aliphatic rings. The van der Waals surface area contributed by atoms with Gasteiger partial charge in [0.1, 0.15) is 5.78 Å². The summed E-state index contributed by atoms with van der Waals surface area (Å²) in [7, 11) is 0. The third kappa shape index (κ3) is 1.90. The minimum Gasteiger partial charge on any atom is -0.350 e. The summed E-state index contributed by atoms with van der Waals surface area (Å²) < 4.78 is 0. The molecule has 2 rings (SSSR count). The van der Waals surface area contributed by atoms with Gasteiger partial charge >= 0.3 is 0 Å². The van der Waals surface area contributed by atoms with Gasteiger partial charge in [-0.25, -0.2) is 0 Å². The first-order valence-corrected chi connectivity index (χ1v) is 6.82. The Morgan fingerprint density at radius 3 is 1.76 bits per heavy atom. The van der Waals surface area contributed by atoms with E-state index in [4.69, 9.17) is 0 Å². The van der Waals surface area contributed by atoms with Gasteiger partial charge in [0.05, 0.1) is 11.0 Å². The molecular weight excluding hydrogens is 214 g/mol. The van der Waals surface area contributed by atoms with Crippen LogP contribution in [0.3, 0.4) is 0 Å². The van der Waals surface area contributed by atoms with E-state index in [-0.39, 0.29) is 22.6 Å². The Bertz CT molecular complexity index is 323. The predicted octanol–water partition coefficient (Wildman–Crippen LogP) is 2.58. The highest BCUT2D eigenvalue weighted by atomic mass is 16.1. The van der Waals surface area contributed by atoms with E-state index in [1.54, 1.807) is 13.8 Å². The van der Waals surface area contributed by atoms with E-state index in [0.29, 0.717) is 0 Å². The van der Waals surface area contributed by atoms with E-state index in [2.05, 4.69) is 5.32 Å². The van der Waals surface area contributed by atoms with Gasteiger partial charge in [-0.05, 0) is 32.6 Å². The number of amides is 1. The number of ketones is 1. The smallest absolute Gasteiger partial charge is 0.217 e. The van der Waals surface area contributed by atoms with Gasteiger partial charge in [0.2, 0.25) is 5.91 Å². The Morgan fingerprint density at radius 1 is 0.882 bits per heavy atom. The number of nitrogens with one attached hydrogen (secondary N) is 1. The van der Waals surface area contributed by atoms with Crippen LogP contribution in [0, 0.1) is 5.41 Å². The molecule has 3 nitrogen and oxygen atoms in total. The molecular formula is C14H23NO2. The van der Waals surface area contributed by atoms with Crippen LogP contribution in [0.15, 0.2) is 0 Å². The van der Waals surface area contributed by atoms with E-state index < -0.39 is 0 Å². The summed E-state index contributed by atoms with van der Waals surface area (Å²) in [6.07, 6.45) is 8.40. The summed E-state index contributed by atoms with van der Waals surface area (Å²) in [6.45, 7) is 3.29. The summed E-state index contributed by atoms with van der Waals surface area (Å²) in [5.41, 5.74) is -0.504. The molecule has 0 aliphatic heterocycles. The molecule has 0 aromatic carbocycles. The van der Waals surface area contributed by atoms with Crippen LogP contribution in [0.1, 0.15) is 65.2 Å². The Balaban J connectivity index is 2.39. The van der Waals surface area contributed by atoms with Gasteiger partial charge in [-0.3, -0.25) is 9.59 Å². The quantitative estimate of drug-likeness (QED) is 0.802. The van der Waals surface area contributed by atoms with Gasteiger partial charge in [0, 0.05) is 6.92 Å². The molecule has 0 bridgehead atoms. The van der Waals surface area contributed by atoms with Crippen LogP contribution in [0.5, 0.6) is 0 Å². The van der Waals surface area contributed by atoms with Crippen molar-refractivity contribution in [3.63, 3.8) is 0 Å².